The highest BCUT2D eigenvalue weighted by Gasteiger charge is 2.30. The molecule has 0 aromatic heterocycles. The van der Waals surface area contributed by atoms with E-state index in [2.05, 4.69) is 19.1 Å². The molecule has 0 bridgehead atoms. The van der Waals surface area contributed by atoms with E-state index in [0.29, 0.717) is 6.73 Å². The quantitative estimate of drug-likeness (QED) is 0.825. The van der Waals surface area contributed by atoms with Crippen LogP contribution in [-0.4, -0.2) is 23.8 Å². The number of ether oxygens (including phenoxy) is 1. The van der Waals surface area contributed by atoms with Crippen LogP contribution in [0.3, 0.4) is 0 Å². The third-order valence-electron chi connectivity index (χ3n) is 3.18. The van der Waals surface area contributed by atoms with Gasteiger partial charge in [0.1, 0.15) is 6.73 Å². The standard InChI is InChI=1S/C14H19NO3/c1-3-13-9-14(12-7-5-4-6-8-12)17-10-15(13)18-11(2)16/h4-8,13-14H,3,9-10H2,1-2H3/t13-,14+/m0/s1. The molecule has 0 radical (unpaired) electrons. The van der Waals surface area contributed by atoms with Crippen molar-refractivity contribution in [2.45, 2.75) is 38.8 Å². The van der Waals surface area contributed by atoms with Gasteiger partial charge in [-0.3, -0.25) is 4.79 Å². The third-order valence-corrected chi connectivity index (χ3v) is 3.18. The predicted molar refractivity (Wildman–Crippen MR) is 67.4 cm³/mol. The molecule has 0 N–H and O–H groups in total. The lowest BCUT2D eigenvalue weighted by Crippen LogP contribution is -2.43. The predicted octanol–water partition coefficient (Wildman–Crippen LogP) is 2.66. The summed E-state index contributed by atoms with van der Waals surface area (Å²) in [5, 5.41) is 1.64. The molecule has 2 atom stereocenters. The SMILES string of the molecule is CC[C@H]1C[C@H](c2ccccc2)OCN1OC(C)=O. The summed E-state index contributed by atoms with van der Waals surface area (Å²) in [6.45, 7) is 3.84. The fourth-order valence-electron chi connectivity index (χ4n) is 2.24. The second-order valence-electron chi connectivity index (χ2n) is 4.49. The van der Waals surface area contributed by atoms with Crippen LogP contribution < -0.4 is 0 Å². The van der Waals surface area contributed by atoms with E-state index < -0.39 is 0 Å². The topological polar surface area (TPSA) is 38.8 Å². The highest BCUT2D eigenvalue weighted by molar-refractivity contribution is 5.65. The molecule has 0 unspecified atom stereocenters. The van der Waals surface area contributed by atoms with Crippen LogP contribution in [0.5, 0.6) is 0 Å². The largest absolute Gasteiger partial charge is 0.366 e. The Hall–Kier alpha value is -1.39. The van der Waals surface area contributed by atoms with Crippen molar-refractivity contribution in [1.29, 1.82) is 0 Å². The van der Waals surface area contributed by atoms with Crippen molar-refractivity contribution in [3.05, 3.63) is 35.9 Å². The highest BCUT2D eigenvalue weighted by atomic mass is 16.7. The molecule has 18 heavy (non-hydrogen) atoms. The lowest BCUT2D eigenvalue weighted by Gasteiger charge is -2.37. The Morgan fingerprint density at radius 3 is 2.78 bits per heavy atom. The number of carbonyl (C=O) groups excluding carboxylic acids is 1. The zero-order valence-corrected chi connectivity index (χ0v) is 10.8. The van der Waals surface area contributed by atoms with Crippen molar-refractivity contribution in [2.24, 2.45) is 0 Å². The number of hydroxylamine groups is 2. The summed E-state index contributed by atoms with van der Waals surface area (Å²) in [6.07, 6.45) is 1.86. The van der Waals surface area contributed by atoms with Crippen LogP contribution in [0.15, 0.2) is 30.3 Å². The summed E-state index contributed by atoms with van der Waals surface area (Å²) in [7, 11) is 0. The molecule has 0 aliphatic carbocycles. The maximum atomic E-state index is 11.0. The van der Waals surface area contributed by atoms with Gasteiger partial charge in [0, 0.05) is 6.92 Å². The van der Waals surface area contributed by atoms with Gasteiger partial charge >= 0.3 is 5.97 Å². The minimum Gasteiger partial charge on any atom is -0.366 e. The molecular weight excluding hydrogens is 230 g/mol. The van der Waals surface area contributed by atoms with E-state index in [1.165, 1.54) is 12.5 Å². The first kappa shape index (κ1) is 13.1. The molecule has 4 nitrogen and oxygen atoms in total. The van der Waals surface area contributed by atoms with Gasteiger partial charge in [-0.25, -0.2) is 0 Å². The van der Waals surface area contributed by atoms with Crippen molar-refractivity contribution in [1.82, 2.24) is 5.06 Å². The average Bonchev–Trinajstić information content (AvgIpc) is 2.39. The zero-order valence-electron chi connectivity index (χ0n) is 10.8. The van der Waals surface area contributed by atoms with Crippen LogP contribution in [0.2, 0.25) is 0 Å². The maximum absolute atomic E-state index is 11.0. The minimum absolute atomic E-state index is 0.0861. The Kier molecular flexibility index (Phi) is 4.33. The molecule has 1 heterocycles. The normalized spacial score (nSPS) is 24.8. The summed E-state index contributed by atoms with van der Waals surface area (Å²) in [5.74, 6) is -0.296. The van der Waals surface area contributed by atoms with Crippen LogP contribution >= 0.6 is 0 Å². The Balaban J connectivity index is 2.02. The number of nitrogens with zero attached hydrogens (tertiary/aromatic N) is 1. The maximum Gasteiger partial charge on any atom is 0.322 e. The minimum atomic E-state index is -0.296. The van der Waals surface area contributed by atoms with Gasteiger partial charge in [0.25, 0.3) is 0 Å². The lowest BCUT2D eigenvalue weighted by molar-refractivity contribution is -0.258. The molecule has 98 valence electrons. The molecule has 2 rings (SSSR count). The Bertz CT molecular complexity index is 393. The number of carbonyl (C=O) groups is 1. The molecule has 0 amide bonds. The second kappa shape index (κ2) is 5.98. The van der Waals surface area contributed by atoms with E-state index in [-0.39, 0.29) is 18.1 Å². The van der Waals surface area contributed by atoms with Gasteiger partial charge < -0.3 is 9.57 Å². The van der Waals surface area contributed by atoms with E-state index in [4.69, 9.17) is 9.57 Å². The Labute approximate surface area is 107 Å². The first-order valence-corrected chi connectivity index (χ1v) is 6.32. The second-order valence-corrected chi connectivity index (χ2v) is 4.49. The number of benzene rings is 1. The van der Waals surface area contributed by atoms with Gasteiger partial charge in [0.15, 0.2) is 0 Å². The van der Waals surface area contributed by atoms with E-state index in [0.717, 1.165) is 12.8 Å². The van der Waals surface area contributed by atoms with Gasteiger partial charge in [-0.1, -0.05) is 37.3 Å². The molecule has 0 saturated carbocycles. The van der Waals surface area contributed by atoms with Crippen LogP contribution in [0.4, 0.5) is 0 Å². The first-order chi connectivity index (χ1) is 8.70. The summed E-state index contributed by atoms with van der Waals surface area (Å²) in [4.78, 5) is 16.2. The van der Waals surface area contributed by atoms with Crippen LogP contribution in [0, 0.1) is 0 Å². The average molecular weight is 249 g/mol. The molecule has 4 heteroatoms. The molecule has 1 aromatic carbocycles. The third kappa shape index (κ3) is 3.09. The number of hydrogen-bond acceptors (Lipinski definition) is 4. The molecule has 1 aliphatic heterocycles. The number of hydrogen-bond donors (Lipinski definition) is 0. The van der Waals surface area contributed by atoms with Crippen molar-refractivity contribution >= 4 is 5.97 Å². The first-order valence-electron chi connectivity index (χ1n) is 6.32. The smallest absolute Gasteiger partial charge is 0.322 e. The summed E-state index contributed by atoms with van der Waals surface area (Å²) >= 11 is 0. The molecular formula is C14H19NO3. The van der Waals surface area contributed by atoms with Crippen molar-refractivity contribution in [2.75, 3.05) is 6.73 Å². The van der Waals surface area contributed by atoms with Crippen molar-refractivity contribution in [3.8, 4) is 0 Å². The van der Waals surface area contributed by atoms with Crippen molar-refractivity contribution in [3.63, 3.8) is 0 Å². The zero-order chi connectivity index (χ0) is 13.0. The van der Waals surface area contributed by atoms with Crippen LogP contribution in [0.25, 0.3) is 0 Å². The fraction of sp³-hybridized carbons (Fsp3) is 0.500. The van der Waals surface area contributed by atoms with Gasteiger partial charge in [-0.2, -0.15) is 0 Å². The molecule has 1 fully saturated rings. The Morgan fingerprint density at radius 2 is 2.17 bits per heavy atom. The Morgan fingerprint density at radius 1 is 1.44 bits per heavy atom. The van der Waals surface area contributed by atoms with Crippen LogP contribution in [-0.2, 0) is 14.4 Å². The van der Waals surface area contributed by atoms with Gasteiger partial charge in [0.2, 0.25) is 0 Å². The molecule has 1 aromatic rings. The summed E-state index contributed by atoms with van der Waals surface area (Å²) < 4.78 is 5.76. The van der Waals surface area contributed by atoms with Gasteiger partial charge in [-0.15, -0.1) is 5.06 Å². The van der Waals surface area contributed by atoms with E-state index in [9.17, 15) is 4.79 Å². The molecule has 1 aliphatic rings. The van der Waals surface area contributed by atoms with E-state index in [1.807, 2.05) is 18.2 Å². The van der Waals surface area contributed by atoms with E-state index in [1.54, 1.807) is 5.06 Å². The lowest BCUT2D eigenvalue weighted by atomic mass is 9.99. The molecule has 0 spiro atoms. The molecule has 1 saturated heterocycles. The van der Waals surface area contributed by atoms with Crippen LogP contribution in [0.1, 0.15) is 38.4 Å². The van der Waals surface area contributed by atoms with Gasteiger partial charge in [-0.05, 0) is 18.4 Å². The number of rotatable bonds is 3. The van der Waals surface area contributed by atoms with E-state index >= 15 is 0 Å². The van der Waals surface area contributed by atoms with Crippen molar-refractivity contribution < 1.29 is 14.4 Å². The van der Waals surface area contributed by atoms with Gasteiger partial charge in [0.05, 0.1) is 12.1 Å². The monoisotopic (exact) mass is 249 g/mol. The fourth-order valence-corrected chi connectivity index (χ4v) is 2.24. The summed E-state index contributed by atoms with van der Waals surface area (Å²) in [5.41, 5.74) is 1.18. The summed E-state index contributed by atoms with van der Waals surface area (Å²) in [6, 6.07) is 10.4. The highest BCUT2D eigenvalue weighted by Crippen LogP contribution is 2.30.